The minimum atomic E-state index is 0.0608. The molecule has 0 radical (unpaired) electrons. The lowest BCUT2D eigenvalue weighted by molar-refractivity contribution is 0.186. The molecule has 1 heterocycles. The fourth-order valence-corrected chi connectivity index (χ4v) is 2.12. The number of hydrogen-bond acceptors (Lipinski definition) is 1. The average Bonchev–Trinajstić information content (AvgIpc) is 2.37. The van der Waals surface area contributed by atoms with Gasteiger partial charge in [-0.25, -0.2) is 4.79 Å². The van der Waals surface area contributed by atoms with Gasteiger partial charge < -0.3 is 10.2 Å². The zero-order valence-corrected chi connectivity index (χ0v) is 11.4. The monoisotopic (exact) mass is 246 g/mol. The largest absolute Gasteiger partial charge is 0.335 e. The number of carbonyl (C=O) groups is 1. The lowest BCUT2D eigenvalue weighted by atomic mass is 10.0. The summed E-state index contributed by atoms with van der Waals surface area (Å²) in [5.41, 5.74) is 2.65. The maximum Gasteiger partial charge on any atom is 0.317 e. The van der Waals surface area contributed by atoms with Gasteiger partial charge in [0.1, 0.15) is 0 Å². The predicted octanol–water partition coefficient (Wildman–Crippen LogP) is 2.80. The van der Waals surface area contributed by atoms with Crippen LogP contribution in [0.25, 0.3) is 0 Å². The molecule has 0 aromatic heterocycles. The van der Waals surface area contributed by atoms with Gasteiger partial charge in [-0.1, -0.05) is 38.1 Å². The Balaban J connectivity index is 1.98. The van der Waals surface area contributed by atoms with E-state index in [-0.39, 0.29) is 12.1 Å². The van der Waals surface area contributed by atoms with Crippen LogP contribution in [0.3, 0.4) is 0 Å². The molecule has 3 nitrogen and oxygen atoms in total. The van der Waals surface area contributed by atoms with Gasteiger partial charge in [-0.05, 0) is 30.4 Å². The number of nitrogens with zero attached hydrogens (tertiary/aromatic N) is 1. The normalized spacial score (nSPS) is 16.3. The average molecular weight is 246 g/mol. The SMILES string of the molecule is CC(C)C(C)NC(=O)N1CCc2ccccc2C1. The molecule has 0 spiro atoms. The maximum atomic E-state index is 12.1. The summed E-state index contributed by atoms with van der Waals surface area (Å²) in [5.74, 6) is 0.464. The van der Waals surface area contributed by atoms with Gasteiger partial charge in [-0.2, -0.15) is 0 Å². The second-order valence-corrected chi connectivity index (χ2v) is 5.42. The van der Waals surface area contributed by atoms with E-state index < -0.39 is 0 Å². The molecule has 98 valence electrons. The lowest BCUT2D eigenvalue weighted by Gasteiger charge is -2.30. The highest BCUT2D eigenvalue weighted by atomic mass is 16.2. The second kappa shape index (κ2) is 5.42. The zero-order chi connectivity index (χ0) is 13.1. The first-order valence-electron chi connectivity index (χ1n) is 6.70. The zero-order valence-electron chi connectivity index (χ0n) is 11.4. The van der Waals surface area contributed by atoms with E-state index in [2.05, 4.69) is 44.3 Å². The molecule has 2 amide bonds. The van der Waals surface area contributed by atoms with Crippen LogP contribution in [0, 0.1) is 5.92 Å². The molecule has 0 bridgehead atoms. The molecular formula is C15H22N2O. The molecule has 0 aliphatic carbocycles. The lowest BCUT2D eigenvalue weighted by Crippen LogP contribution is -2.47. The summed E-state index contributed by atoms with van der Waals surface area (Å²) in [6, 6.07) is 8.65. The summed E-state index contributed by atoms with van der Waals surface area (Å²) in [7, 11) is 0. The van der Waals surface area contributed by atoms with Crippen molar-refractivity contribution in [1.29, 1.82) is 0 Å². The first-order chi connectivity index (χ1) is 8.58. The molecule has 0 fully saturated rings. The first-order valence-corrected chi connectivity index (χ1v) is 6.70. The van der Waals surface area contributed by atoms with Crippen molar-refractivity contribution < 1.29 is 4.79 Å². The Hall–Kier alpha value is -1.51. The van der Waals surface area contributed by atoms with Crippen LogP contribution in [-0.2, 0) is 13.0 Å². The van der Waals surface area contributed by atoms with Gasteiger partial charge in [-0.15, -0.1) is 0 Å². The van der Waals surface area contributed by atoms with Crippen molar-refractivity contribution in [1.82, 2.24) is 10.2 Å². The van der Waals surface area contributed by atoms with Gasteiger partial charge in [0.05, 0.1) is 0 Å². The third kappa shape index (κ3) is 2.84. The molecule has 0 saturated carbocycles. The van der Waals surface area contributed by atoms with E-state index >= 15 is 0 Å². The molecule has 18 heavy (non-hydrogen) atoms. The fourth-order valence-electron chi connectivity index (χ4n) is 2.12. The van der Waals surface area contributed by atoms with Crippen molar-refractivity contribution in [2.45, 2.75) is 39.8 Å². The van der Waals surface area contributed by atoms with Crippen LogP contribution < -0.4 is 5.32 Å². The molecule has 2 rings (SSSR count). The molecule has 1 atom stereocenters. The molecule has 1 aromatic rings. The number of fused-ring (bicyclic) bond motifs is 1. The molecule has 1 aromatic carbocycles. The van der Waals surface area contributed by atoms with E-state index in [0.29, 0.717) is 5.92 Å². The molecule has 1 aliphatic rings. The maximum absolute atomic E-state index is 12.1. The van der Waals surface area contributed by atoms with Crippen molar-refractivity contribution in [2.24, 2.45) is 5.92 Å². The van der Waals surface area contributed by atoms with Gasteiger partial charge in [0, 0.05) is 19.1 Å². The van der Waals surface area contributed by atoms with Crippen molar-refractivity contribution in [3.05, 3.63) is 35.4 Å². The number of carbonyl (C=O) groups excluding carboxylic acids is 1. The summed E-state index contributed by atoms with van der Waals surface area (Å²) in [4.78, 5) is 14.0. The molecule has 0 saturated heterocycles. The van der Waals surface area contributed by atoms with Gasteiger partial charge >= 0.3 is 6.03 Å². The summed E-state index contributed by atoms with van der Waals surface area (Å²) >= 11 is 0. The van der Waals surface area contributed by atoms with Crippen LogP contribution >= 0.6 is 0 Å². The van der Waals surface area contributed by atoms with Gasteiger partial charge in [0.15, 0.2) is 0 Å². The minimum Gasteiger partial charge on any atom is -0.335 e. The van der Waals surface area contributed by atoms with Crippen LogP contribution in [0.4, 0.5) is 4.79 Å². The Labute approximate surface area is 109 Å². The Kier molecular flexibility index (Phi) is 3.90. The number of rotatable bonds is 2. The highest BCUT2D eigenvalue weighted by Gasteiger charge is 2.21. The summed E-state index contributed by atoms with van der Waals surface area (Å²) < 4.78 is 0. The topological polar surface area (TPSA) is 32.3 Å². The minimum absolute atomic E-state index is 0.0608. The third-order valence-electron chi connectivity index (χ3n) is 3.77. The highest BCUT2D eigenvalue weighted by molar-refractivity contribution is 5.74. The molecule has 1 N–H and O–H groups in total. The van der Waals surface area contributed by atoms with Crippen molar-refractivity contribution >= 4 is 6.03 Å². The molecular weight excluding hydrogens is 224 g/mol. The van der Waals surface area contributed by atoms with Crippen LogP contribution in [0.15, 0.2) is 24.3 Å². The van der Waals surface area contributed by atoms with E-state index in [0.717, 1.165) is 19.5 Å². The number of hydrogen-bond donors (Lipinski definition) is 1. The van der Waals surface area contributed by atoms with Crippen molar-refractivity contribution in [3.63, 3.8) is 0 Å². The Morgan fingerprint density at radius 2 is 1.89 bits per heavy atom. The Morgan fingerprint density at radius 1 is 1.22 bits per heavy atom. The molecule has 1 unspecified atom stereocenters. The first kappa shape index (κ1) is 12.9. The van der Waals surface area contributed by atoms with Crippen molar-refractivity contribution in [2.75, 3.05) is 6.54 Å². The quantitative estimate of drug-likeness (QED) is 0.855. The number of benzene rings is 1. The van der Waals surface area contributed by atoms with Crippen LogP contribution in [0.5, 0.6) is 0 Å². The van der Waals surface area contributed by atoms with E-state index in [4.69, 9.17) is 0 Å². The van der Waals surface area contributed by atoms with E-state index in [9.17, 15) is 4.79 Å². The number of urea groups is 1. The van der Waals surface area contributed by atoms with Gasteiger partial charge in [-0.3, -0.25) is 0 Å². The van der Waals surface area contributed by atoms with Crippen LogP contribution in [0.2, 0.25) is 0 Å². The van der Waals surface area contributed by atoms with E-state index in [1.54, 1.807) is 0 Å². The van der Waals surface area contributed by atoms with Crippen molar-refractivity contribution in [3.8, 4) is 0 Å². The second-order valence-electron chi connectivity index (χ2n) is 5.42. The summed E-state index contributed by atoms with van der Waals surface area (Å²) in [5, 5.41) is 3.07. The summed E-state index contributed by atoms with van der Waals surface area (Å²) in [6.45, 7) is 7.84. The van der Waals surface area contributed by atoms with E-state index in [1.807, 2.05) is 11.0 Å². The Morgan fingerprint density at radius 3 is 2.56 bits per heavy atom. The standard InChI is InChI=1S/C15H22N2O/c1-11(2)12(3)16-15(18)17-9-8-13-6-4-5-7-14(13)10-17/h4-7,11-12H,8-10H2,1-3H3,(H,16,18). The Bertz CT molecular complexity index is 428. The fraction of sp³-hybridized carbons (Fsp3) is 0.533. The van der Waals surface area contributed by atoms with Crippen LogP contribution in [-0.4, -0.2) is 23.5 Å². The summed E-state index contributed by atoms with van der Waals surface area (Å²) in [6.07, 6.45) is 0.958. The smallest absolute Gasteiger partial charge is 0.317 e. The van der Waals surface area contributed by atoms with Gasteiger partial charge in [0.2, 0.25) is 0 Å². The molecule has 3 heteroatoms. The highest BCUT2D eigenvalue weighted by Crippen LogP contribution is 2.18. The van der Waals surface area contributed by atoms with Crippen LogP contribution in [0.1, 0.15) is 31.9 Å². The third-order valence-corrected chi connectivity index (χ3v) is 3.77. The number of nitrogens with one attached hydrogen (secondary N) is 1. The molecule has 1 aliphatic heterocycles. The van der Waals surface area contributed by atoms with E-state index in [1.165, 1.54) is 11.1 Å². The number of amides is 2. The predicted molar refractivity (Wildman–Crippen MR) is 73.4 cm³/mol. The van der Waals surface area contributed by atoms with Gasteiger partial charge in [0.25, 0.3) is 0 Å².